The van der Waals surface area contributed by atoms with Crippen molar-refractivity contribution in [2.24, 2.45) is 11.8 Å². The van der Waals surface area contributed by atoms with Crippen molar-refractivity contribution in [1.82, 2.24) is 34.7 Å². The van der Waals surface area contributed by atoms with E-state index in [9.17, 15) is 42.5 Å². The highest BCUT2D eigenvalue weighted by Gasteiger charge is 2.40. The minimum atomic E-state index is -4.63. The maximum atomic E-state index is 14.2. The topological polar surface area (TPSA) is 280 Å². The maximum absolute atomic E-state index is 14.2. The second kappa shape index (κ2) is 29.5. The molecule has 0 radical (unpaired) electrons. The van der Waals surface area contributed by atoms with Gasteiger partial charge >= 0.3 is 0 Å². The molecule has 1 atom stereocenters. The normalized spacial score (nSPS) is 17.4. The predicted molar refractivity (Wildman–Crippen MR) is 356 cm³/mol. The highest BCUT2D eigenvalue weighted by molar-refractivity contribution is 7.90. The molecular weight excluding hydrogens is 1240 g/mol. The Labute approximate surface area is 550 Å². The highest BCUT2D eigenvalue weighted by Crippen LogP contribution is 2.38. The minimum absolute atomic E-state index is 0.0748. The number of imide groups is 1. The summed E-state index contributed by atoms with van der Waals surface area (Å²) in [6.07, 6.45) is 11.1. The number of aromatic amines is 1. The van der Waals surface area contributed by atoms with Crippen molar-refractivity contribution >= 4 is 84.9 Å². The molecule has 0 bridgehead atoms. The Morgan fingerprint density at radius 1 is 0.787 bits per heavy atom. The molecule has 5 N–H and O–H groups in total. The van der Waals surface area contributed by atoms with Crippen molar-refractivity contribution in [3.63, 3.8) is 0 Å². The number of nitrogens with zero attached hydrogens (tertiary/aromatic N) is 6. The van der Waals surface area contributed by atoms with Crippen LogP contribution in [0.25, 0.3) is 22.2 Å². The van der Waals surface area contributed by atoms with Crippen LogP contribution in [0, 0.1) is 22.0 Å². The first-order valence-corrected chi connectivity index (χ1v) is 34.2. The molecule has 94 heavy (non-hydrogen) atoms. The minimum Gasteiger partial charge on any atom is -0.493 e. The summed E-state index contributed by atoms with van der Waals surface area (Å²) < 4.78 is 48.5. The number of nitro benzene ring substituents is 1. The van der Waals surface area contributed by atoms with Gasteiger partial charge in [0.15, 0.2) is 0 Å². The van der Waals surface area contributed by atoms with Gasteiger partial charge in [0.2, 0.25) is 17.7 Å². The molecule has 0 saturated carbocycles. The molecule has 5 amide bonds. The number of piperazine rings is 1. The van der Waals surface area contributed by atoms with Crippen molar-refractivity contribution < 1.29 is 51.5 Å². The van der Waals surface area contributed by atoms with Gasteiger partial charge in [0.25, 0.3) is 27.5 Å². The number of nitrogens with one attached hydrogen (secondary N) is 5. The van der Waals surface area contributed by atoms with Gasteiger partial charge in [0.1, 0.15) is 34.6 Å². The summed E-state index contributed by atoms with van der Waals surface area (Å²) in [7, 11) is -4.63. The van der Waals surface area contributed by atoms with Gasteiger partial charge in [-0.25, -0.2) is 18.1 Å². The number of rotatable bonds is 25. The number of hydrogen-bond acceptors (Lipinski definition) is 17. The highest BCUT2D eigenvalue weighted by atomic mass is 35.5. The number of unbranched alkanes of at least 4 members (excludes halogenated alkanes) is 3. The van der Waals surface area contributed by atoms with E-state index in [4.69, 9.17) is 25.8 Å². The quantitative estimate of drug-likeness (QED) is 0.0154. The lowest BCUT2D eigenvalue weighted by Gasteiger charge is -2.37. The van der Waals surface area contributed by atoms with Crippen molar-refractivity contribution in [3.05, 3.63) is 159 Å². The summed E-state index contributed by atoms with van der Waals surface area (Å²) in [6.45, 7) is 7.65. The average molecular weight is 1320 g/mol. The molecule has 25 heteroatoms. The monoisotopic (exact) mass is 1320 g/mol. The number of halogens is 1. The van der Waals surface area contributed by atoms with Crippen LogP contribution in [0.4, 0.5) is 22.7 Å². The zero-order chi connectivity index (χ0) is 65.3. The van der Waals surface area contributed by atoms with Gasteiger partial charge in [0.05, 0.1) is 28.2 Å². The van der Waals surface area contributed by atoms with Crippen LogP contribution >= 0.6 is 11.6 Å². The van der Waals surface area contributed by atoms with Crippen LogP contribution < -0.4 is 35.0 Å². The standard InChI is InChI=1S/C69H76ClN11O12S/c70-49-14-12-47(13-15-49)53-7-6-10-62(92-44-46-23-29-79(30-24-46)65(83)11-3-1-2-4-27-71-58-9-5-8-54-56(58)43-80(69(54)86)60-20-21-64(82)75-68(60)85)57(53)42-77-31-33-78(34-32-77)50-16-18-55(63(38-50)93-51-37-48-22-28-72-66(48)74-41-51)67(84)76-94(89,90)52-17-19-59(61(39-52)81(87)88)73-40-45-25-35-91-36-26-45/h5-10,12-19,22,28,37-39,41,45-46,60,71,73H,1-4,11,20-21,23-27,29-36,40,42-44H2,(H,72,74)(H,76,84)(H,75,82,85). The lowest BCUT2D eigenvalue weighted by molar-refractivity contribution is -0.384. The number of benzene rings is 5. The first-order chi connectivity index (χ1) is 45.6. The third kappa shape index (κ3) is 15.4. The Bertz CT molecular complexity index is 4070. The van der Waals surface area contributed by atoms with Gasteiger partial charge in [-0.3, -0.25) is 44.3 Å². The molecule has 492 valence electrons. The largest absolute Gasteiger partial charge is 0.493 e. The third-order valence-electron chi connectivity index (χ3n) is 18.5. The summed E-state index contributed by atoms with van der Waals surface area (Å²) in [4.78, 5) is 91.9. The average Bonchev–Trinajstić information content (AvgIpc) is 1.51. The zero-order valence-corrected chi connectivity index (χ0v) is 53.7. The van der Waals surface area contributed by atoms with Gasteiger partial charge in [-0.15, -0.1) is 0 Å². The van der Waals surface area contributed by atoms with E-state index in [-0.39, 0.29) is 53.0 Å². The summed E-state index contributed by atoms with van der Waals surface area (Å²) in [5.74, 6) is -0.0755. The maximum Gasteiger partial charge on any atom is 0.293 e. The van der Waals surface area contributed by atoms with E-state index in [1.807, 2.05) is 59.5 Å². The molecule has 5 aliphatic rings. The van der Waals surface area contributed by atoms with Crippen molar-refractivity contribution in [2.75, 3.05) is 87.7 Å². The molecule has 5 aliphatic heterocycles. The lowest BCUT2D eigenvalue weighted by atomic mass is 9.96. The number of sulfonamides is 1. The van der Waals surface area contributed by atoms with Crippen LogP contribution in [0.1, 0.15) is 102 Å². The molecule has 2 aromatic heterocycles. The SMILES string of the molecule is O=C1CCC(N2Cc3c(NCCCCCCC(=O)N4CCC(COc5cccc(-c6ccc(Cl)cc6)c5CN5CCN(c6ccc(C(=O)NS(=O)(=O)c7ccc(NCC8CCOCC8)c([N+](=O)[O-])c7)c(Oc7cnc8[nH]ccc8c7)c6)CC5)CC4)cccc3C2=O)C(=O)N1. The molecule has 4 fully saturated rings. The molecule has 5 aromatic carbocycles. The molecule has 1 unspecified atom stereocenters. The summed E-state index contributed by atoms with van der Waals surface area (Å²) in [5, 5.41) is 22.6. The summed E-state index contributed by atoms with van der Waals surface area (Å²) >= 11 is 6.38. The van der Waals surface area contributed by atoms with Gasteiger partial charge < -0.3 is 44.5 Å². The molecule has 12 rings (SSSR count). The van der Waals surface area contributed by atoms with Crippen molar-refractivity contribution in [1.29, 1.82) is 0 Å². The fraction of sp³-hybridized carbons (Fsp3) is 0.391. The Kier molecular flexibility index (Phi) is 20.4. The number of anilines is 3. The number of aromatic nitrogens is 2. The fourth-order valence-electron chi connectivity index (χ4n) is 13.1. The molecule has 4 saturated heterocycles. The summed E-state index contributed by atoms with van der Waals surface area (Å²) in [5.41, 5.74) is 6.40. The number of carbonyl (C=O) groups excluding carboxylic acids is 5. The van der Waals surface area contributed by atoms with E-state index >= 15 is 0 Å². The number of H-pyrrole nitrogens is 1. The van der Waals surface area contributed by atoms with E-state index in [0.29, 0.717) is 120 Å². The second-order valence-corrected chi connectivity index (χ2v) is 26.8. The van der Waals surface area contributed by atoms with Gasteiger partial charge in [-0.1, -0.05) is 54.8 Å². The number of fused-ring (bicyclic) bond motifs is 2. The number of amides is 5. The smallest absolute Gasteiger partial charge is 0.293 e. The second-order valence-electron chi connectivity index (χ2n) is 24.7. The van der Waals surface area contributed by atoms with Crippen LogP contribution in [-0.4, -0.2) is 146 Å². The van der Waals surface area contributed by atoms with E-state index in [0.717, 1.165) is 102 Å². The van der Waals surface area contributed by atoms with Crippen LogP contribution in [0.15, 0.2) is 126 Å². The van der Waals surface area contributed by atoms with E-state index in [1.54, 1.807) is 35.4 Å². The summed E-state index contributed by atoms with van der Waals surface area (Å²) in [6, 6.07) is 30.9. The first-order valence-electron chi connectivity index (χ1n) is 32.3. The molecule has 23 nitrogen and oxygen atoms in total. The first kappa shape index (κ1) is 65.0. The van der Waals surface area contributed by atoms with E-state index < -0.39 is 43.4 Å². The number of hydrogen-bond donors (Lipinski definition) is 5. The zero-order valence-electron chi connectivity index (χ0n) is 52.1. The van der Waals surface area contributed by atoms with Gasteiger partial charge in [-0.05, 0) is 135 Å². The lowest BCUT2D eigenvalue weighted by Crippen LogP contribution is -2.52. The van der Waals surface area contributed by atoms with E-state index in [2.05, 4.69) is 46.5 Å². The predicted octanol–water partition coefficient (Wildman–Crippen LogP) is 10.3. The van der Waals surface area contributed by atoms with E-state index in [1.165, 1.54) is 24.4 Å². The van der Waals surface area contributed by atoms with Crippen molar-refractivity contribution in [3.8, 4) is 28.4 Å². The third-order valence-corrected chi connectivity index (χ3v) is 20.1. The Hall–Kier alpha value is -9.10. The fourth-order valence-corrected chi connectivity index (χ4v) is 14.2. The number of pyridine rings is 1. The number of likely N-dealkylation sites (tertiary alicyclic amines) is 1. The van der Waals surface area contributed by atoms with Gasteiger partial charge in [0, 0.05) is 148 Å². The van der Waals surface area contributed by atoms with Crippen LogP contribution in [0.2, 0.25) is 5.02 Å². The van der Waals surface area contributed by atoms with Crippen LogP contribution in [0.3, 0.4) is 0 Å². The number of carbonyl (C=O) groups is 5. The Morgan fingerprint density at radius 3 is 2.35 bits per heavy atom. The molecule has 0 spiro atoms. The van der Waals surface area contributed by atoms with Crippen LogP contribution in [-0.2, 0) is 42.2 Å². The molecule has 7 aromatic rings. The Morgan fingerprint density at radius 2 is 1.56 bits per heavy atom. The number of piperidine rings is 2. The molecule has 7 heterocycles. The molecular formula is C69H76ClN11O12S. The van der Waals surface area contributed by atoms with Crippen molar-refractivity contribution in [2.45, 2.75) is 94.7 Å². The van der Waals surface area contributed by atoms with Crippen LogP contribution in [0.5, 0.6) is 17.2 Å². The number of ether oxygens (including phenoxy) is 3. The number of nitro groups is 1. The molecule has 0 aliphatic carbocycles. The van der Waals surface area contributed by atoms with Gasteiger partial charge in [-0.2, -0.15) is 0 Å². The Balaban J connectivity index is 0.641.